The number of nitrogens with zero attached hydrogens (tertiary/aromatic N) is 2. The van der Waals surface area contributed by atoms with Crippen molar-refractivity contribution in [3.63, 3.8) is 0 Å². The third-order valence-corrected chi connectivity index (χ3v) is 4.98. The summed E-state index contributed by atoms with van der Waals surface area (Å²) in [5, 5.41) is 3.55. The van der Waals surface area contributed by atoms with Crippen LogP contribution in [0, 0.1) is 11.3 Å². The highest BCUT2D eigenvalue weighted by Crippen LogP contribution is 2.39. The number of aromatic nitrogens is 1. The first-order valence-electron chi connectivity index (χ1n) is 8.32. The van der Waals surface area contributed by atoms with Gasteiger partial charge in [0.25, 0.3) is 0 Å². The van der Waals surface area contributed by atoms with Crippen molar-refractivity contribution >= 4 is 0 Å². The van der Waals surface area contributed by atoms with Gasteiger partial charge in [-0.05, 0) is 61.9 Å². The molecule has 0 aromatic carbocycles. The predicted octanol–water partition coefficient (Wildman–Crippen LogP) is 3.32. The first kappa shape index (κ1) is 16.4. The molecular weight excluding hydrogens is 258 g/mol. The first-order valence-corrected chi connectivity index (χ1v) is 8.32. The van der Waals surface area contributed by atoms with E-state index in [9.17, 15) is 0 Å². The summed E-state index contributed by atoms with van der Waals surface area (Å²) < 4.78 is 0. The highest BCUT2D eigenvalue weighted by atomic mass is 15.1. The zero-order valence-corrected chi connectivity index (χ0v) is 14.1. The van der Waals surface area contributed by atoms with Gasteiger partial charge in [-0.25, -0.2) is 0 Å². The van der Waals surface area contributed by atoms with Gasteiger partial charge in [0.05, 0.1) is 0 Å². The van der Waals surface area contributed by atoms with Crippen LogP contribution in [-0.4, -0.2) is 36.1 Å². The monoisotopic (exact) mass is 289 g/mol. The van der Waals surface area contributed by atoms with Crippen LogP contribution in [0.2, 0.25) is 0 Å². The molecule has 0 spiro atoms. The lowest BCUT2D eigenvalue weighted by Crippen LogP contribution is -2.46. The standard InChI is InChI=1S/C18H31N3/c1-5-21(13-15-7-10-20-11-8-15)14-16-12-18(2,3)9-6-17(16)19-4/h7-8,10-11,16-17,19H,5-6,9,12-14H2,1-4H3. The van der Waals surface area contributed by atoms with E-state index in [1.54, 1.807) is 0 Å². The third kappa shape index (κ3) is 4.79. The number of hydrogen-bond donors (Lipinski definition) is 1. The minimum atomic E-state index is 0.494. The molecule has 1 aromatic rings. The summed E-state index contributed by atoms with van der Waals surface area (Å²) in [7, 11) is 2.12. The molecule has 0 bridgehead atoms. The Morgan fingerprint density at radius 3 is 2.67 bits per heavy atom. The van der Waals surface area contributed by atoms with E-state index < -0.39 is 0 Å². The quantitative estimate of drug-likeness (QED) is 0.871. The van der Waals surface area contributed by atoms with Crippen LogP contribution in [0.3, 0.4) is 0 Å². The fourth-order valence-corrected chi connectivity index (χ4v) is 3.69. The van der Waals surface area contributed by atoms with Crippen molar-refractivity contribution in [1.29, 1.82) is 0 Å². The fraction of sp³-hybridized carbons (Fsp3) is 0.722. The zero-order chi connectivity index (χ0) is 15.3. The lowest BCUT2D eigenvalue weighted by Gasteiger charge is -2.42. The molecule has 1 saturated carbocycles. The van der Waals surface area contributed by atoms with Gasteiger partial charge in [0.1, 0.15) is 0 Å². The predicted molar refractivity (Wildman–Crippen MR) is 89.2 cm³/mol. The van der Waals surface area contributed by atoms with Crippen molar-refractivity contribution in [2.75, 3.05) is 20.1 Å². The SMILES string of the molecule is CCN(Cc1ccncc1)CC1CC(C)(C)CCC1NC. The van der Waals surface area contributed by atoms with Gasteiger partial charge in [0.15, 0.2) is 0 Å². The number of pyridine rings is 1. The van der Waals surface area contributed by atoms with Crippen molar-refractivity contribution in [1.82, 2.24) is 15.2 Å². The molecule has 2 rings (SSSR count). The van der Waals surface area contributed by atoms with Gasteiger partial charge in [-0.3, -0.25) is 9.88 Å². The van der Waals surface area contributed by atoms with Crippen LogP contribution in [0.5, 0.6) is 0 Å². The second-order valence-electron chi connectivity index (χ2n) is 7.25. The minimum Gasteiger partial charge on any atom is -0.317 e. The second kappa shape index (κ2) is 7.37. The maximum absolute atomic E-state index is 4.11. The average Bonchev–Trinajstić information content (AvgIpc) is 2.47. The van der Waals surface area contributed by atoms with Crippen molar-refractivity contribution < 1.29 is 0 Å². The summed E-state index contributed by atoms with van der Waals surface area (Å²) >= 11 is 0. The largest absolute Gasteiger partial charge is 0.317 e. The Bertz CT molecular complexity index is 416. The van der Waals surface area contributed by atoms with E-state index in [0.29, 0.717) is 11.5 Å². The van der Waals surface area contributed by atoms with Gasteiger partial charge < -0.3 is 5.32 Å². The van der Waals surface area contributed by atoms with Gasteiger partial charge in [0, 0.05) is 31.5 Å². The van der Waals surface area contributed by atoms with Crippen LogP contribution in [0.4, 0.5) is 0 Å². The lowest BCUT2D eigenvalue weighted by atomic mass is 9.69. The lowest BCUT2D eigenvalue weighted by molar-refractivity contribution is 0.102. The summed E-state index contributed by atoms with van der Waals surface area (Å²) in [5.74, 6) is 0.750. The normalized spacial score (nSPS) is 25.2. The molecule has 118 valence electrons. The van der Waals surface area contributed by atoms with Crippen LogP contribution < -0.4 is 5.32 Å². The molecule has 1 aliphatic carbocycles. The Morgan fingerprint density at radius 1 is 1.33 bits per heavy atom. The van der Waals surface area contributed by atoms with E-state index in [4.69, 9.17) is 0 Å². The molecule has 1 aromatic heterocycles. The minimum absolute atomic E-state index is 0.494. The van der Waals surface area contributed by atoms with E-state index in [-0.39, 0.29) is 0 Å². The van der Waals surface area contributed by atoms with Gasteiger partial charge in [-0.15, -0.1) is 0 Å². The maximum atomic E-state index is 4.11. The fourth-order valence-electron chi connectivity index (χ4n) is 3.69. The van der Waals surface area contributed by atoms with Gasteiger partial charge in [-0.1, -0.05) is 20.8 Å². The highest BCUT2D eigenvalue weighted by molar-refractivity contribution is 5.09. The molecule has 1 fully saturated rings. The van der Waals surface area contributed by atoms with E-state index in [1.165, 1.54) is 31.4 Å². The molecule has 2 atom stereocenters. The molecule has 1 aliphatic rings. The first-order chi connectivity index (χ1) is 10.0. The molecule has 0 amide bonds. The molecule has 1 N–H and O–H groups in total. The average molecular weight is 289 g/mol. The molecule has 0 radical (unpaired) electrons. The highest BCUT2D eigenvalue weighted by Gasteiger charge is 2.34. The van der Waals surface area contributed by atoms with Gasteiger partial charge in [-0.2, -0.15) is 0 Å². The van der Waals surface area contributed by atoms with Crippen LogP contribution >= 0.6 is 0 Å². The number of hydrogen-bond acceptors (Lipinski definition) is 3. The Kier molecular flexibility index (Phi) is 5.77. The topological polar surface area (TPSA) is 28.2 Å². The molecule has 1 heterocycles. The van der Waals surface area contributed by atoms with Crippen molar-refractivity contribution in [2.24, 2.45) is 11.3 Å². The van der Waals surface area contributed by atoms with Gasteiger partial charge in [0.2, 0.25) is 0 Å². The van der Waals surface area contributed by atoms with E-state index in [1.807, 2.05) is 12.4 Å². The van der Waals surface area contributed by atoms with Crippen LogP contribution in [-0.2, 0) is 6.54 Å². The Morgan fingerprint density at radius 2 is 2.05 bits per heavy atom. The summed E-state index contributed by atoms with van der Waals surface area (Å²) in [6, 6.07) is 4.93. The van der Waals surface area contributed by atoms with Crippen molar-refractivity contribution in [3.05, 3.63) is 30.1 Å². The molecule has 0 aliphatic heterocycles. The maximum Gasteiger partial charge on any atom is 0.0271 e. The van der Waals surface area contributed by atoms with Gasteiger partial charge >= 0.3 is 0 Å². The van der Waals surface area contributed by atoms with Crippen LogP contribution in [0.25, 0.3) is 0 Å². The molecule has 3 nitrogen and oxygen atoms in total. The third-order valence-electron chi connectivity index (χ3n) is 4.98. The Labute approximate surface area is 130 Å². The molecule has 21 heavy (non-hydrogen) atoms. The smallest absolute Gasteiger partial charge is 0.0271 e. The molecule has 3 heteroatoms. The summed E-state index contributed by atoms with van der Waals surface area (Å²) in [5.41, 5.74) is 1.86. The van der Waals surface area contributed by atoms with E-state index in [2.05, 4.69) is 55.2 Å². The summed E-state index contributed by atoms with van der Waals surface area (Å²) in [6.45, 7) is 10.4. The van der Waals surface area contributed by atoms with E-state index >= 15 is 0 Å². The Balaban J connectivity index is 1.98. The number of nitrogens with one attached hydrogen (secondary N) is 1. The molecule has 0 saturated heterocycles. The van der Waals surface area contributed by atoms with Crippen LogP contribution in [0.1, 0.15) is 45.6 Å². The number of rotatable bonds is 6. The summed E-state index contributed by atoms with van der Waals surface area (Å²) in [6.07, 6.45) is 7.75. The van der Waals surface area contributed by atoms with E-state index in [0.717, 1.165) is 19.0 Å². The molecule has 2 unspecified atom stereocenters. The van der Waals surface area contributed by atoms with Crippen molar-refractivity contribution in [2.45, 2.75) is 52.6 Å². The Hall–Kier alpha value is -0.930. The summed E-state index contributed by atoms with van der Waals surface area (Å²) in [4.78, 5) is 6.69. The van der Waals surface area contributed by atoms with Crippen molar-refractivity contribution in [3.8, 4) is 0 Å². The second-order valence-corrected chi connectivity index (χ2v) is 7.25. The van der Waals surface area contributed by atoms with Crippen LogP contribution in [0.15, 0.2) is 24.5 Å². The molecular formula is C18H31N3. The zero-order valence-electron chi connectivity index (χ0n) is 14.1.